The quantitative estimate of drug-likeness (QED) is 0.434. The monoisotopic (exact) mass is 406 g/mol. The predicted octanol–water partition coefficient (Wildman–Crippen LogP) is 4.21. The van der Waals surface area contributed by atoms with Gasteiger partial charge in [-0.2, -0.15) is 0 Å². The lowest BCUT2D eigenvalue weighted by molar-refractivity contribution is -0.121. The van der Waals surface area contributed by atoms with E-state index < -0.39 is 0 Å². The number of thioether (sulfide) groups is 1. The minimum Gasteiger partial charge on any atom is -0.489 e. The average molecular weight is 407 g/mol. The van der Waals surface area contributed by atoms with Crippen molar-refractivity contribution in [1.82, 2.24) is 10.9 Å². The molecule has 2 amide bonds. The van der Waals surface area contributed by atoms with Crippen LogP contribution in [0.25, 0.3) is 0 Å². The summed E-state index contributed by atoms with van der Waals surface area (Å²) in [7, 11) is 0. The molecule has 0 aliphatic heterocycles. The molecule has 3 rings (SSSR count). The molecule has 6 heteroatoms. The maximum Gasteiger partial charge on any atom is 0.269 e. The Balaban J connectivity index is 1.38. The number of carbonyl (C=O) groups is 2. The van der Waals surface area contributed by atoms with Gasteiger partial charge in [0.25, 0.3) is 5.91 Å². The van der Waals surface area contributed by atoms with Gasteiger partial charge < -0.3 is 4.74 Å². The fourth-order valence-corrected chi connectivity index (χ4v) is 3.35. The van der Waals surface area contributed by atoms with E-state index in [1.54, 1.807) is 23.9 Å². The van der Waals surface area contributed by atoms with E-state index in [0.717, 1.165) is 16.2 Å². The van der Waals surface area contributed by atoms with Crippen LogP contribution in [0.4, 0.5) is 0 Å². The number of hydrogen-bond acceptors (Lipinski definition) is 4. The van der Waals surface area contributed by atoms with Crippen LogP contribution >= 0.6 is 11.8 Å². The molecule has 0 aliphatic rings. The molecule has 0 aliphatic carbocycles. The van der Waals surface area contributed by atoms with E-state index in [1.807, 2.05) is 72.8 Å². The molecule has 3 aromatic carbocycles. The number of carbonyl (C=O) groups excluding carboxylic acids is 2. The minimum atomic E-state index is -0.357. The lowest BCUT2D eigenvalue weighted by Gasteiger charge is -2.09. The molecule has 0 spiro atoms. The Morgan fingerprint density at radius 2 is 1.45 bits per heavy atom. The fraction of sp³-hybridized carbons (Fsp3) is 0.130. The van der Waals surface area contributed by atoms with Gasteiger partial charge in [0.1, 0.15) is 12.4 Å². The SMILES string of the molecule is O=C(CCSc1ccccc1)NNC(=O)c1ccc(COc2ccccc2)cc1. The molecule has 0 bridgehead atoms. The summed E-state index contributed by atoms with van der Waals surface area (Å²) in [6.07, 6.45) is 0.315. The Morgan fingerprint density at radius 3 is 2.14 bits per heavy atom. The maximum absolute atomic E-state index is 12.2. The highest BCUT2D eigenvalue weighted by Gasteiger charge is 2.08. The molecule has 0 saturated heterocycles. The van der Waals surface area contributed by atoms with Gasteiger partial charge in [-0.05, 0) is 42.0 Å². The highest BCUT2D eigenvalue weighted by Crippen LogP contribution is 2.17. The molecule has 5 nitrogen and oxygen atoms in total. The van der Waals surface area contributed by atoms with Crippen molar-refractivity contribution in [2.75, 3.05) is 5.75 Å². The third-order valence-electron chi connectivity index (χ3n) is 4.02. The van der Waals surface area contributed by atoms with E-state index in [0.29, 0.717) is 24.3 Å². The lowest BCUT2D eigenvalue weighted by Crippen LogP contribution is -2.41. The normalized spacial score (nSPS) is 10.2. The van der Waals surface area contributed by atoms with E-state index in [-0.39, 0.29) is 11.8 Å². The number of nitrogens with one attached hydrogen (secondary N) is 2. The predicted molar refractivity (Wildman–Crippen MR) is 115 cm³/mol. The number of hydrazine groups is 1. The number of benzene rings is 3. The largest absolute Gasteiger partial charge is 0.489 e. The maximum atomic E-state index is 12.2. The van der Waals surface area contributed by atoms with E-state index in [1.165, 1.54) is 0 Å². The van der Waals surface area contributed by atoms with Crippen molar-refractivity contribution in [3.8, 4) is 5.75 Å². The minimum absolute atomic E-state index is 0.227. The summed E-state index contributed by atoms with van der Waals surface area (Å²) in [5, 5.41) is 0. The van der Waals surface area contributed by atoms with Gasteiger partial charge in [0, 0.05) is 22.6 Å². The molecule has 0 heterocycles. The zero-order chi connectivity index (χ0) is 20.3. The van der Waals surface area contributed by atoms with Gasteiger partial charge in [-0.15, -0.1) is 11.8 Å². The van der Waals surface area contributed by atoms with Crippen molar-refractivity contribution in [2.45, 2.75) is 17.9 Å². The molecule has 148 valence electrons. The second-order valence-electron chi connectivity index (χ2n) is 6.21. The fourth-order valence-electron chi connectivity index (χ4n) is 2.48. The Kier molecular flexibility index (Phi) is 7.72. The van der Waals surface area contributed by atoms with E-state index in [4.69, 9.17) is 4.74 Å². The molecule has 0 fully saturated rings. The molecule has 0 unspecified atom stereocenters. The van der Waals surface area contributed by atoms with Gasteiger partial charge in [0.05, 0.1) is 0 Å². The zero-order valence-corrected chi connectivity index (χ0v) is 16.7. The van der Waals surface area contributed by atoms with Gasteiger partial charge in [-0.1, -0.05) is 48.5 Å². The van der Waals surface area contributed by atoms with E-state index in [9.17, 15) is 9.59 Å². The van der Waals surface area contributed by atoms with Crippen LogP contribution in [-0.4, -0.2) is 17.6 Å². The third-order valence-corrected chi connectivity index (χ3v) is 5.04. The first-order valence-corrected chi connectivity index (χ1v) is 10.2. The Bertz CT molecular complexity index is 916. The van der Waals surface area contributed by atoms with Crippen LogP contribution in [0.5, 0.6) is 5.75 Å². The first kappa shape index (κ1) is 20.5. The Labute approximate surface area is 174 Å². The summed E-state index contributed by atoms with van der Waals surface area (Å²) in [4.78, 5) is 25.2. The number of amides is 2. The molecule has 29 heavy (non-hydrogen) atoms. The summed E-state index contributed by atoms with van der Waals surface area (Å²) in [5.41, 5.74) is 6.31. The Morgan fingerprint density at radius 1 is 0.793 bits per heavy atom. The second-order valence-corrected chi connectivity index (χ2v) is 7.38. The molecular formula is C23H22N2O3S. The smallest absolute Gasteiger partial charge is 0.269 e. The lowest BCUT2D eigenvalue weighted by atomic mass is 10.1. The molecule has 3 aromatic rings. The summed E-state index contributed by atoms with van der Waals surface area (Å²) >= 11 is 1.60. The first-order valence-electron chi connectivity index (χ1n) is 9.24. The molecular weight excluding hydrogens is 384 g/mol. The molecule has 0 radical (unpaired) electrons. The number of rotatable bonds is 8. The van der Waals surface area contributed by atoms with Crippen LogP contribution in [0.1, 0.15) is 22.3 Å². The summed E-state index contributed by atoms with van der Waals surface area (Å²) in [6.45, 7) is 0.418. The van der Waals surface area contributed by atoms with Crippen LogP contribution in [0.2, 0.25) is 0 Å². The summed E-state index contributed by atoms with van der Waals surface area (Å²) in [6, 6.07) is 26.5. The molecule has 0 atom stereocenters. The number of para-hydroxylation sites is 1. The van der Waals surface area contributed by atoms with Crippen LogP contribution in [0, 0.1) is 0 Å². The van der Waals surface area contributed by atoms with Gasteiger partial charge in [-0.3, -0.25) is 20.4 Å². The van der Waals surface area contributed by atoms with Crippen LogP contribution in [-0.2, 0) is 11.4 Å². The number of hydrogen-bond donors (Lipinski definition) is 2. The number of ether oxygens (including phenoxy) is 1. The second kappa shape index (κ2) is 10.9. The summed E-state index contributed by atoms with van der Waals surface area (Å²) < 4.78 is 5.68. The molecule has 0 saturated carbocycles. The average Bonchev–Trinajstić information content (AvgIpc) is 2.78. The standard InChI is InChI=1S/C23H22N2O3S/c26-22(15-16-29-21-9-5-2-6-10-21)24-25-23(27)19-13-11-18(12-14-19)17-28-20-7-3-1-4-8-20/h1-14H,15-17H2,(H,24,26)(H,25,27). The van der Waals surface area contributed by atoms with E-state index in [2.05, 4.69) is 10.9 Å². The van der Waals surface area contributed by atoms with Gasteiger partial charge in [-0.25, -0.2) is 0 Å². The molecule has 2 N–H and O–H groups in total. The molecule has 0 aromatic heterocycles. The van der Waals surface area contributed by atoms with Gasteiger partial charge in [0.15, 0.2) is 0 Å². The van der Waals surface area contributed by atoms with Crippen LogP contribution < -0.4 is 15.6 Å². The zero-order valence-electron chi connectivity index (χ0n) is 15.8. The van der Waals surface area contributed by atoms with Crippen molar-refractivity contribution in [2.24, 2.45) is 0 Å². The van der Waals surface area contributed by atoms with Crippen molar-refractivity contribution in [3.63, 3.8) is 0 Å². The highest BCUT2D eigenvalue weighted by molar-refractivity contribution is 7.99. The van der Waals surface area contributed by atoms with Crippen molar-refractivity contribution < 1.29 is 14.3 Å². The summed E-state index contributed by atoms with van der Waals surface area (Å²) in [5.74, 6) is 0.851. The first-order chi connectivity index (χ1) is 14.2. The van der Waals surface area contributed by atoms with Crippen LogP contribution in [0.15, 0.2) is 89.8 Å². The van der Waals surface area contributed by atoms with Crippen LogP contribution in [0.3, 0.4) is 0 Å². The van der Waals surface area contributed by atoms with Gasteiger partial charge >= 0.3 is 0 Å². The third kappa shape index (κ3) is 7.01. The van der Waals surface area contributed by atoms with Crippen molar-refractivity contribution >= 4 is 23.6 Å². The van der Waals surface area contributed by atoms with E-state index >= 15 is 0 Å². The van der Waals surface area contributed by atoms with Crippen molar-refractivity contribution in [3.05, 3.63) is 96.1 Å². The highest BCUT2D eigenvalue weighted by atomic mass is 32.2. The topological polar surface area (TPSA) is 67.4 Å². The van der Waals surface area contributed by atoms with Crippen molar-refractivity contribution in [1.29, 1.82) is 0 Å². The van der Waals surface area contributed by atoms with Gasteiger partial charge in [0.2, 0.25) is 5.91 Å². The Hall–Kier alpha value is -3.25.